The summed E-state index contributed by atoms with van der Waals surface area (Å²) in [5.41, 5.74) is 2.62. The zero-order valence-electron chi connectivity index (χ0n) is 10.2. The van der Waals surface area contributed by atoms with Crippen LogP contribution in [0.4, 0.5) is 0 Å². The van der Waals surface area contributed by atoms with Gasteiger partial charge in [0.05, 0.1) is 23.7 Å². The van der Waals surface area contributed by atoms with Crippen LogP contribution in [0.3, 0.4) is 0 Å². The molecular weight excluding hydrogens is 252 g/mol. The molecule has 1 aromatic rings. The minimum absolute atomic E-state index is 0.0340. The van der Waals surface area contributed by atoms with Crippen molar-refractivity contribution in [2.45, 2.75) is 25.8 Å². The quantitative estimate of drug-likeness (QED) is 0.900. The number of hydrogen-bond acceptors (Lipinski definition) is 4. The highest BCUT2D eigenvalue weighted by Crippen LogP contribution is 2.32. The van der Waals surface area contributed by atoms with Gasteiger partial charge in [-0.05, 0) is 19.3 Å². The molecule has 1 fully saturated rings. The molecule has 1 aliphatic carbocycles. The minimum atomic E-state index is -0.785. The second-order valence-electron chi connectivity index (χ2n) is 4.72. The maximum atomic E-state index is 12.1. The first-order chi connectivity index (χ1) is 8.58. The molecule has 2 rings (SSSR count). The van der Waals surface area contributed by atoms with Crippen LogP contribution < -0.4 is 0 Å². The molecule has 18 heavy (non-hydrogen) atoms. The Hall–Kier alpha value is -1.43. The van der Waals surface area contributed by atoms with Crippen LogP contribution in [-0.2, 0) is 16.1 Å². The summed E-state index contributed by atoms with van der Waals surface area (Å²) in [6.45, 7) is 0.497. The number of carboxylic acid groups (broad SMARTS) is 1. The van der Waals surface area contributed by atoms with Crippen molar-refractivity contribution < 1.29 is 14.7 Å². The monoisotopic (exact) mass is 268 g/mol. The summed E-state index contributed by atoms with van der Waals surface area (Å²) in [5, 5.41) is 10.8. The first kappa shape index (κ1) is 13.0. The first-order valence-corrected chi connectivity index (χ1v) is 6.87. The maximum absolute atomic E-state index is 12.1. The Morgan fingerprint density at radius 3 is 2.78 bits per heavy atom. The normalized spacial score (nSPS) is 22.9. The number of carbonyl (C=O) groups excluding carboxylic acids is 1. The SMILES string of the molecule is CN(Cc1cscn1)C(=O)[C@H]1CC[C@@H](C(=O)O)C1. The number of carboxylic acids is 1. The Morgan fingerprint density at radius 2 is 2.22 bits per heavy atom. The number of nitrogens with zero attached hydrogens (tertiary/aromatic N) is 2. The van der Waals surface area contributed by atoms with Gasteiger partial charge in [0, 0.05) is 18.3 Å². The van der Waals surface area contributed by atoms with Crippen molar-refractivity contribution in [3.63, 3.8) is 0 Å². The second-order valence-corrected chi connectivity index (χ2v) is 5.44. The Morgan fingerprint density at radius 1 is 1.50 bits per heavy atom. The smallest absolute Gasteiger partial charge is 0.306 e. The molecule has 0 unspecified atom stereocenters. The molecule has 6 heteroatoms. The van der Waals surface area contributed by atoms with E-state index in [-0.39, 0.29) is 17.7 Å². The molecule has 0 spiro atoms. The Balaban J connectivity index is 1.90. The van der Waals surface area contributed by atoms with Gasteiger partial charge in [0.2, 0.25) is 5.91 Å². The van der Waals surface area contributed by atoms with Crippen LogP contribution in [0.2, 0.25) is 0 Å². The van der Waals surface area contributed by atoms with E-state index in [4.69, 9.17) is 5.11 Å². The Labute approximate surface area is 109 Å². The van der Waals surface area contributed by atoms with E-state index < -0.39 is 5.97 Å². The van der Waals surface area contributed by atoms with Crippen molar-refractivity contribution in [2.24, 2.45) is 11.8 Å². The van der Waals surface area contributed by atoms with Gasteiger partial charge in [0.25, 0.3) is 0 Å². The lowest BCUT2D eigenvalue weighted by Crippen LogP contribution is -2.31. The van der Waals surface area contributed by atoms with Crippen molar-refractivity contribution >= 4 is 23.2 Å². The van der Waals surface area contributed by atoms with E-state index in [0.29, 0.717) is 25.8 Å². The summed E-state index contributed by atoms with van der Waals surface area (Å²) < 4.78 is 0. The van der Waals surface area contributed by atoms with Crippen LogP contribution in [-0.4, -0.2) is 33.9 Å². The van der Waals surface area contributed by atoms with Gasteiger partial charge in [0.15, 0.2) is 0 Å². The lowest BCUT2D eigenvalue weighted by molar-refractivity contribution is -0.141. The minimum Gasteiger partial charge on any atom is -0.481 e. The highest BCUT2D eigenvalue weighted by molar-refractivity contribution is 7.07. The number of aliphatic carboxylic acids is 1. The van der Waals surface area contributed by atoms with Crippen LogP contribution in [0.25, 0.3) is 0 Å². The zero-order valence-corrected chi connectivity index (χ0v) is 11.0. The van der Waals surface area contributed by atoms with Gasteiger partial charge < -0.3 is 10.0 Å². The third kappa shape index (κ3) is 2.87. The molecule has 0 aliphatic heterocycles. The van der Waals surface area contributed by atoms with Gasteiger partial charge in [0.1, 0.15) is 0 Å². The molecule has 0 saturated heterocycles. The molecule has 1 aliphatic rings. The van der Waals surface area contributed by atoms with Gasteiger partial charge >= 0.3 is 5.97 Å². The summed E-state index contributed by atoms with van der Waals surface area (Å²) >= 11 is 1.50. The van der Waals surface area contributed by atoms with Crippen molar-refractivity contribution in [3.05, 3.63) is 16.6 Å². The fraction of sp³-hybridized carbons (Fsp3) is 0.583. The van der Waals surface area contributed by atoms with Gasteiger partial charge in [-0.15, -0.1) is 11.3 Å². The average Bonchev–Trinajstić information content (AvgIpc) is 2.98. The van der Waals surface area contributed by atoms with Crippen molar-refractivity contribution in [2.75, 3.05) is 7.05 Å². The molecule has 2 atom stereocenters. The molecule has 1 heterocycles. The summed E-state index contributed by atoms with van der Waals surface area (Å²) in [4.78, 5) is 28.8. The predicted octanol–water partition coefficient (Wildman–Crippen LogP) is 1.60. The van der Waals surface area contributed by atoms with Crippen LogP contribution in [0.5, 0.6) is 0 Å². The average molecular weight is 268 g/mol. The van der Waals surface area contributed by atoms with E-state index in [1.54, 1.807) is 17.5 Å². The number of hydrogen-bond donors (Lipinski definition) is 1. The second kappa shape index (κ2) is 5.48. The molecule has 1 saturated carbocycles. The first-order valence-electron chi connectivity index (χ1n) is 5.92. The predicted molar refractivity (Wildman–Crippen MR) is 67.1 cm³/mol. The molecule has 1 aromatic heterocycles. The zero-order chi connectivity index (χ0) is 13.1. The van der Waals surface area contributed by atoms with Gasteiger partial charge in [-0.3, -0.25) is 9.59 Å². The molecule has 5 nitrogen and oxygen atoms in total. The highest BCUT2D eigenvalue weighted by Gasteiger charge is 2.35. The fourth-order valence-electron chi connectivity index (χ4n) is 2.38. The standard InChI is InChI=1S/C12H16N2O3S/c1-14(5-10-6-18-7-13-10)11(15)8-2-3-9(4-8)12(16)17/h6-9H,2-5H2,1H3,(H,16,17)/t8-,9+/m0/s1. The highest BCUT2D eigenvalue weighted by atomic mass is 32.1. The van der Waals surface area contributed by atoms with Crippen molar-refractivity contribution in [3.8, 4) is 0 Å². The maximum Gasteiger partial charge on any atom is 0.306 e. The van der Waals surface area contributed by atoms with E-state index in [1.165, 1.54) is 11.3 Å². The number of rotatable bonds is 4. The van der Waals surface area contributed by atoms with E-state index in [1.807, 2.05) is 5.38 Å². The summed E-state index contributed by atoms with van der Waals surface area (Å²) in [5.74, 6) is -1.25. The van der Waals surface area contributed by atoms with E-state index in [0.717, 1.165) is 5.69 Å². The third-order valence-corrected chi connectivity index (χ3v) is 4.03. The summed E-state index contributed by atoms with van der Waals surface area (Å²) in [7, 11) is 1.75. The number of amides is 1. The summed E-state index contributed by atoms with van der Waals surface area (Å²) in [6.07, 6.45) is 1.75. The van der Waals surface area contributed by atoms with E-state index >= 15 is 0 Å². The molecule has 1 N–H and O–H groups in total. The van der Waals surface area contributed by atoms with Crippen molar-refractivity contribution in [1.29, 1.82) is 0 Å². The van der Waals surface area contributed by atoms with Crippen LogP contribution in [0.15, 0.2) is 10.9 Å². The molecule has 98 valence electrons. The van der Waals surface area contributed by atoms with E-state index in [9.17, 15) is 9.59 Å². The van der Waals surface area contributed by atoms with Crippen LogP contribution >= 0.6 is 11.3 Å². The van der Waals surface area contributed by atoms with E-state index in [2.05, 4.69) is 4.98 Å². The van der Waals surface area contributed by atoms with Crippen LogP contribution in [0.1, 0.15) is 25.0 Å². The number of carbonyl (C=O) groups is 2. The lowest BCUT2D eigenvalue weighted by Gasteiger charge is -2.20. The Kier molecular flexibility index (Phi) is 3.96. The van der Waals surface area contributed by atoms with Crippen molar-refractivity contribution in [1.82, 2.24) is 9.88 Å². The van der Waals surface area contributed by atoms with Gasteiger partial charge in [-0.1, -0.05) is 0 Å². The molecule has 0 aromatic carbocycles. The molecule has 0 bridgehead atoms. The largest absolute Gasteiger partial charge is 0.481 e. The van der Waals surface area contributed by atoms with Gasteiger partial charge in [-0.25, -0.2) is 4.98 Å². The summed E-state index contributed by atoms with van der Waals surface area (Å²) in [6, 6.07) is 0. The number of aromatic nitrogens is 1. The topological polar surface area (TPSA) is 70.5 Å². The molecular formula is C12H16N2O3S. The van der Waals surface area contributed by atoms with Crippen LogP contribution in [0, 0.1) is 11.8 Å². The number of thiazole rings is 1. The lowest BCUT2D eigenvalue weighted by atomic mass is 10.0. The molecule has 0 radical (unpaired) electrons. The van der Waals surface area contributed by atoms with Gasteiger partial charge in [-0.2, -0.15) is 0 Å². The fourth-order valence-corrected chi connectivity index (χ4v) is 2.93. The molecule has 1 amide bonds. The third-order valence-electron chi connectivity index (χ3n) is 3.39. The Bertz CT molecular complexity index is 433.